The Balaban J connectivity index is 2.27. The van der Waals surface area contributed by atoms with Gasteiger partial charge in [-0.3, -0.25) is 9.36 Å². The van der Waals surface area contributed by atoms with Crippen molar-refractivity contribution in [2.24, 2.45) is 0 Å². The number of hydrogen-bond acceptors (Lipinski definition) is 4. The first-order chi connectivity index (χ1) is 8.25. The molecule has 0 aromatic carbocycles. The van der Waals surface area contributed by atoms with Crippen LogP contribution in [0.25, 0.3) is 15.9 Å². The van der Waals surface area contributed by atoms with Crippen LogP contribution in [0.3, 0.4) is 0 Å². The lowest BCUT2D eigenvalue weighted by Gasteiger charge is -2.03. The number of rotatable bonds is 1. The summed E-state index contributed by atoms with van der Waals surface area (Å²) >= 11 is 7.09. The molecule has 0 aliphatic carbocycles. The molecule has 0 spiro atoms. The van der Waals surface area contributed by atoms with Crippen molar-refractivity contribution in [3.05, 3.63) is 51.6 Å². The van der Waals surface area contributed by atoms with E-state index in [2.05, 4.69) is 9.97 Å². The molecule has 0 radical (unpaired) electrons. The fraction of sp³-hybridized carbons (Fsp3) is 0. The zero-order chi connectivity index (χ0) is 11.8. The van der Waals surface area contributed by atoms with Gasteiger partial charge in [-0.15, -0.1) is 11.3 Å². The summed E-state index contributed by atoms with van der Waals surface area (Å²) in [6.45, 7) is 0. The maximum atomic E-state index is 12.1. The normalized spacial score (nSPS) is 10.9. The van der Waals surface area contributed by atoms with E-state index in [1.165, 1.54) is 22.2 Å². The van der Waals surface area contributed by atoms with E-state index >= 15 is 0 Å². The molecule has 0 fully saturated rings. The average molecular weight is 264 g/mol. The Labute approximate surface area is 105 Å². The van der Waals surface area contributed by atoms with Crippen molar-refractivity contribution >= 4 is 33.2 Å². The molecule has 0 saturated heterocycles. The molecule has 84 valence electrons. The average Bonchev–Trinajstić information content (AvgIpc) is 2.80. The largest absolute Gasteiger partial charge is 0.275 e. The summed E-state index contributed by atoms with van der Waals surface area (Å²) in [5.41, 5.74) is 1.29. The third-order valence-electron chi connectivity index (χ3n) is 2.36. The Hall–Kier alpha value is -1.72. The molecule has 3 rings (SSSR count). The number of aromatic nitrogens is 3. The van der Waals surface area contributed by atoms with E-state index in [-0.39, 0.29) is 5.56 Å². The van der Waals surface area contributed by atoms with Gasteiger partial charge in [0.2, 0.25) is 0 Å². The van der Waals surface area contributed by atoms with Gasteiger partial charge in [-0.05, 0) is 23.6 Å². The van der Waals surface area contributed by atoms with Gasteiger partial charge in [-0.2, -0.15) is 0 Å². The molecule has 0 bridgehead atoms. The van der Waals surface area contributed by atoms with Crippen molar-refractivity contribution in [2.45, 2.75) is 0 Å². The van der Waals surface area contributed by atoms with Crippen LogP contribution in [0.4, 0.5) is 0 Å². The number of thiophene rings is 1. The maximum absolute atomic E-state index is 12.1. The predicted octanol–water partition coefficient (Wildman–Crippen LogP) is 2.50. The van der Waals surface area contributed by atoms with Gasteiger partial charge in [-0.25, -0.2) is 9.97 Å². The standard InChI is InChI=1S/C11H6ClN3OS/c12-9-2-1-7(5-13-9)15-6-14-8-3-4-17-10(8)11(15)16/h1-6H. The minimum absolute atomic E-state index is 0.0888. The fourth-order valence-electron chi connectivity index (χ4n) is 1.54. The Kier molecular flexibility index (Phi) is 2.42. The monoisotopic (exact) mass is 263 g/mol. The number of fused-ring (bicyclic) bond motifs is 1. The van der Waals surface area contributed by atoms with E-state index in [1.807, 2.05) is 11.4 Å². The van der Waals surface area contributed by atoms with Crippen molar-refractivity contribution in [3.63, 3.8) is 0 Å². The second kappa shape index (κ2) is 3.94. The third-order valence-corrected chi connectivity index (χ3v) is 3.47. The van der Waals surface area contributed by atoms with Crippen molar-refractivity contribution in [1.82, 2.24) is 14.5 Å². The summed E-state index contributed by atoms with van der Waals surface area (Å²) < 4.78 is 2.10. The SMILES string of the molecule is O=c1c2sccc2ncn1-c1ccc(Cl)nc1. The van der Waals surface area contributed by atoms with Crippen LogP contribution >= 0.6 is 22.9 Å². The number of hydrogen-bond donors (Lipinski definition) is 0. The van der Waals surface area contributed by atoms with Crippen LogP contribution in [0, 0.1) is 0 Å². The molecule has 0 saturated carbocycles. The lowest BCUT2D eigenvalue weighted by Crippen LogP contribution is -2.17. The van der Waals surface area contributed by atoms with Crippen molar-refractivity contribution in [2.75, 3.05) is 0 Å². The molecule has 17 heavy (non-hydrogen) atoms. The second-order valence-electron chi connectivity index (χ2n) is 3.39. The van der Waals surface area contributed by atoms with Gasteiger partial charge < -0.3 is 0 Å². The topological polar surface area (TPSA) is 47.8 Å². The van der Waals surface area contributed by atoms with Gasteiger partial charge in [-0.1, -0.05) is 11.6 Å². The Morgan fingerprint density at radius 2 is 2.12 bits per heavy atom. The molecule has 3 aromatic rings. The first-order valence-electron chi connectivity index (χ1n) is 4.82. The minimum atomic E-state index is -0.0888. The smallest absolute Gasteiger partial charge is 0.267 e. The molecule has 0 aliphatic rings. The van der Waals surface area contributed by atoms with Gasteiger partial charge in [0.05, 0.1) is 17.4 Å². The summed E-state index contributed by atoms with van der Waals surface area (Å²) in [7, 11) is 0. The van der Waals surface area contributed by atoms with Crippen LogP contribution in [0.5, 0.6) is 0 Å². The third kappa shape index (κ3) is 1.73. The molecule has 0 atom stereocenters. The second-order valence-corrected chi connectivity index (χ2v) is 4.70. The first-order valence-corrected chi connectivity index (χ1v) is 6.08. The number of halogens is 1. The quantitative estimate of drug-likeness (QED) is 0.634. The highest BCUT2D eigenvalue weighted by molar-refractivity contribution is 7.17. The molecule has 0 unspecified atom stereocenters. The number of nitrogens with zero attached hydrogens (tertiary/aromatic N) is 3. The predicted molar refractivity (Wildman–Crippen MR) is 68.0 cm³/mol. The van der Waals surface area contributed by atoms with Crippen LogP contribution in [-0.4, -0.2) is 14.5 Å². The lowest BCUT2D eigenvalue weighted by atomic mass is 10.4. The zero-order valence-corrected chi connectivity index (χ0v) is 10.1. The summed E-state index contributed by atoms with van der Waals surface area (Å²) in [6, 6.07) is 5.20. The Morgan fingerprint density at radius 3 is 2.88 bits per heavy atom. The highest BCUT2D eigenvalue weighted by Crippen LogP contribution is 2.15. The first kappa shape index (κ1) is 10.4. The molecule has 0 amide bonds. The molecule has 0 N–H and O–H groups in total. The van der Waals surface area contributed by atoms with Crippen LogP contribution in [0.15, 0.2) is 40.9 Å². The van der Waals surface area contributed by atoms with E-state index in [9.17, 15) is 4.79 Å². The van der Waals surface area contributed by atoms with Gasteiger partial charge in [0.15, 0.2) is 0 Å². The van der Waals surface area contributed by atoms with Gasteiger partial charge >= 0.3 is 0 Å². The van der Waals surface area contributed by atoms with Crippen molar-refractivity contribution in [1.29, 1.82) is 0 Å². The molecular formula is C11H6ClN3OS. The van der Waals surface area contributed by atoms with E-state index in [1.54, 1.807) is 18.3 Å². The molecule has 0 aliphatic heterocycles. The lowest BCUT2D eigenvalue weighted by molar-refractivity contribution is 0.957. The summed E-state index contributed by atoms with van der Waals surface area (Å²) in [5, 5.41) is 2.25. The van der Waals surface area contributed by atoms with Crippen molar-refractivity contribution in [3.8, 4) is 5.69 Å². The highest BCUT2D eigenvalue weighted by Gasteiger charge is 2.06. The van der Waals surface area contributed by atoms with Crippen LogP contribution < -0.4 is 5.56 Å². The Bertz CT molecular complexity index is 732. The molecule has 3 heterocycles. The summed E-state index contributed by atoms with van der Waals surface area (Å²) in [5.74, 6) is 0. The van der Waals surface area contributed by atoms with E-state index < -0.39 is 0 Å². The fourth-order valence-corrected chi connectivity index (χ4v) is 2.43. The highest BCUT2D eigenvalue weighted by atomic mass is 35.5. The van der Waals surface area contributed by atoms with Crippen LogP contribution in [0.2, 0.25) is 5.15 Å². The molecule has 3 aromatic heterocycles. The molecular weight excluding hydrogens is 258 g/mol. The summed E-state index contributed by atoms with van der Waals surface area (Å²) in [4.78, 5) is 20.3. The van der Waals surface area contributed by atoms with Gasteiger partial charge in [0.1, 0.15) is 16.2 Å². The summed E-state index contributed by atoms with van der Waals surface area (Å²) in [6.07, 6.45) is 3.05. The maximum Gasteiger partial charge on any atom is 0.275 e. The van der Waals surface area contributed by atoms with Crippen LogP contribution in [0.1, 0.15) is 0 Å². The van der Waals surface area contributed by atoms with Crippen molar-refractivity contribution < 1.29 is 0 Å². The van der Waals surface area contributed by atoms with Crippen LogP contribution in [-0.2, 0) is 0 Å². The Morgan fingerprint density at radius 1 is 1.24 bits per heavy atom. The molecule has 6 heteroatoms. The molecule has 4 nitrogen and oxygen atoms in total. The van der Waals surface area contributed by atoms with E-state index in [0.29, 0.717) is 15.5 Å². The van der Waals surface area contributed by atoms with E-state index in [0.717, 1.165) is 5.52 Å². The number of pyridine rings is 1. The van der Waals surface area contributed by atoms with Gasteiger partial charge in [0, 0.05) is 0 Å². The van der Waals surface area contributed by atoms with E-state index in [4.69, 9.17) is 11.6 Å². The minimum Gasteiger partial charge on any atom is -0.267 e. The van der Waals surface area contributed by atoms with Gasteiger partial charge in [0.25, 0.3) is 5.56 Å². The zero-order valence-electron chi connectivity index (χ0n) is 8.50.